The van der Waals surface area contributed by atoms with E-state index in [0.29, 0.717) is 12.5 Å². The van der Waals surface area contributed by atoms with Gasteiger partial charge in [-0.1, -0.05) is 0 Å². The van der Waals surface area contributed by atoms with E-state index in [1.807, 2.05) is 0 Å². The first-order chi connectivity index (χ1) is 11.0. The van der Waals surface area contributed by atoms with Crippen LogP contribution in [-0.4, -0.2) is 44.3 Å². The van der Waals surface area contributed by atoms with Crippen molar-refractivity contribution in [2.75, 3.05) is 31.1 Å². The molecule has 0 radical (unpaired) electrons. The predicted molar refractivity (Wildman–Crippen MR) is 87.8 cm³/mol. The Morgan fingerprint density at radius 3 is 2.52 bits per heavy atom. The highest BCUT2D eigenvalue weighted by Crippen LogP contribution is 2.32. The van der Waals surface area contributed by atoms with Gasteiger partial charge in [0.2, 0.25) is 0 Å². The molecule has 2 saturated heterocycles. The Kier molecular flexibility index (Phi) is 4.37. The van der Waals surface area contributed by atoms with Crippen LogP contribution in [0.15, 0.2) is 12.1 Å². The second kappa shape index (κ2) is 6.29. The highest BCUT2D eigenvalue weighted by molar-refractivity contribution is 5.90. The van der Waals surface area contributed by atoms with E-state index in [4.69, 9.17) is 4.74 Å². The van der Waals surface area contributed by atoms with Crippen molar-refractivity contribution in [1.29, 1.82) is 0 Å². The van der Waals surface area contributed by atoms with E-state index < -0.39 is 6.23 Å². The van der Waals surface area contributed by atoms with Crippen molar-refractivity contribution >= 4 is 17.6 Å². The molecular weight excluding hydrogens is 294 g/mol. The smallest absolute Gasteiger partial charge is 0.416 e. The van der Waals surface area contributed by atoms with Gasteiger partial charge in [0.25, 0.3) is 0 Å². The molecule has 3 rings (SSSR count). The van der Waals surface area contributed by atoms with E-state index in [2.05, 4.69) is 36.6 Å². The van der Waals surface area contributed by atoms with Crippen LogP contribution in [0.4, 0.5) is 10.5 Å². The topological polar surface area (TPSA) is 70.7 Å². The van der Waals surface area contributed by atoms with Crippen LogP contribution in [0.3, 0.4) is 0 Å². The molecule has 2 fully saturated rings. The third kappa shape index (κ3) is 3.23. The number of nitrogens with zero attached hydrogens (tertiary/aromatic N) is 1. The molecule has 0 aliphatic carbocycles. The zero-order chi connectivity index (χ0) is 16.6. The number of anilines is 1. The van der Waals surface area contributed by atoms with Gasteiger partial charge in [-0.05, 0) is 49.6 Å². The summed E-state index contributed by atoms with van der Waals surface area (Å²) < 4.78 is 5.28. The number of amides is 1. The quantitative estimate of drug-likeness (QED) is 0.860. The molecule has 1 aromatic rings. The van der Waals surface area contributed by atoms with E-state index in [1.165, 1.54) is 23.6 Å². The van der Waals surface area contributed by atoms with E-state index in [-0.39, 0.29) is 18.4 Å². The average molecular weight is 317 g/mol. The molecule has 2 aliphatic rings. The molecule has 1 amide bonds. The van der Waals surface area contributed by atoms with Gasteiger partial charge >= 0.3 is 6.09 Å². The normalized spacial score (nSPS) is 21.3. The Bertz CT molecular complexity index is 617. The number of carbonyl (C=O) groups is 2. The summed E-state index contributed by atoms with van der Waals surface area (Å²) in [5.41, 5.74) is 4.65. The zero-order valence-corrected chi connectivity index (χ0v) is 13.8. The molecule has 2 aliphatic heterocycles. The maximum Gasteiger partial charge on any atom is 0.416 e. The molecule has 0 bridgehead atoms. The number of Topliss-reactive ketones (excluding diaryl/α,β-unsaturated/α-hetero) is 1. The highest BCUT2D eigenvalue weighted by atomic mass is 16.6. The second-order valence-electron chi connectivity index (χ2n) is 6.41. The van der Waals surface area contributed by atoms with Crippen LogP contribution >= 0.6 is 0 Å². The molecule has 124 valence electrons. The summed E-state index contributed by atoms with van der Waals surface area (Å²) >= 11 is 0. The number of carbonyl (C=O) groups excluding carboxylic acids is 2. The molecule has 2 N–H and O–H groups in total. The fourth-order valence-electron chi connectivity index (χ4n) is 3.28. The van der Waals surface area contributed by atoms with E-state index in [1.54, 1.807) is 4.90 Å². The number of ketones is 1. The third-order valence-corrected chi connectivity index (χ3v) is 4.47. The van der Waals surface area contributed by atoms with Crippen LogP contribution in [-0.2, 0) is 9.53 Å². The van der Waals surface area contributed by atoms with Gasteiger partial charge in [-0.3, -0.25) is 15.0 Å². The van der Waals surface area contributed by atoms with E-state index in [9.17, 15) is 9.59 Å². The lowest BCUT2D eigenvalue weighted by Gasteiger charge is -2.31. The summed E-state index contributed by atoms with van der Waals surface area (Å²) in [4.78, 5) is 24.8. The molecule has 1 atom stereocenters. The van der Waals surface area contributed by atoms with Crippen molar-refractivity contribution in [1.82, 2.24) is 10.6 Å². The Hall–Kier alpha value is -1.92. The predicted octanol–water partition coefficient (Wildman–Crippen LogP) is 1.45. The molecule has 0 aromatic heterocycles. The van der Waals surface area contributed by atoms with E-state index >= 15 is 0 Å². The molecule has 1 aromatic carbocycles. The van der Waals surface area contributed by atoms with Crippen molar-refractivity contribution in [2.24, 2.45) is 0 Å². The standard InChI is InChI=1S/C17H23N3O3/c1-10-4-14(5-11(2)16(10)13-7-18-8-13)20-9-15(23-17(20)22)19-6-12(3)21/h4-5,13,15,18-19H,6-9H2,1-3H3. The Morgan fingerprint density at radius 1 is 1.35 bits per heavy atom. The maximum absolute atomic E-state index is 12.1. The molecular formula is C17H23N3O3. The molecule has 6 nitrogen and oxygen atoms in total. The van der Waals surface area contributed by atoms with E-state index in [0.717, 1.165) is 18.8 Å². The second-order valence-corrected chi connectivity index (χ2v) is 6.41. The van der Waals surface area contributed by atoms with Crippen LogP contribution < -0.4 is 15.5 Å². The van der Waals surface area contributed by atoms with Gasteiger partial charge in [0, 0.05) is 24.7 Å². The van der Waals surface area contributed by atoms with Gasteiger partial charge in [0.05, 0.1) is 13.1 Å². The first-order valence-electron chi connectivity index (χ1n) is 7.98. The van der Waals surface area contributed by atoms with Crippen molar-refractivity contribution in [3.05, 3.63) is 28.8 Å². The van der Waals surface area contributed by atoms with Crippen LogP contribution in [0.25, 0.3) is 0 Å². The Labute approximate surface area is 136 Å². The summed E-state index contributed by atoms with van der Waals surface area (Å²) in [6.07, 6.45) is -0.814. The number of hydrogen-bond donors (Lipinski definition) is 2. The maximum atomic E-state index is 12.1. The zero-order valence-electron chi connectivity index (χ0n) is 13.8. The van der Waals surface area contributed by atoms with Crippen LogP contribution in [0.2, 0.25) is 0 Å². The number of rotatable bonds is 5. The lowest BCUT2D eigenvalue weighted by atomic mass is 9.86. The number of aryl methyl sites for hydroxylation is 2. The minimum Gasteiger partial charge on any atom is -0.428 e. The van der Waals surface area contributed by atoms with Gasteiger partial charge in [0.1, 0.15) is 5.78 Å². The summed E-state index contributed by atoms with van der Waals surface area (Å²) in [6.45, 7) is 8.34. The van der Waals surface area contributed by atoms with Crippen molar-refractivity contribution in [3.63, 3.8) is 0 Å². The van der Waals surface area contributed by atoms with Gasteiger partial charge < -0.3 is 10.1 Å². The van der Waals surface area contributed by atoms with Crippen molar-refractivity contribution < 1.29 is 14.3 Å². The Balaban J connectivity index is 1.76. The highest BCUT2D eigenvalue weighted by Gasteiger charge is 2.33. The SMILES string of the molecule is CC(=O)CNC1CN(c2cc(C)c(C3CNC3)c(C)c2)C(=O)O1. The number of cyclic esters (lactones) is 1. The first kappa shape index (κ1) is 16.0. The van der Waals surface area contributed by atoms with Gasteiger partial charge in [-0.2, -0.15) is 0 Å². The average Bonchev–Trinajstić information content (AvgIpc) is 2.79. The summed E-state index contributed by atoms with van der Waals surface area (Å²) in [7, 11) is 0. The van der Waals surface area contributed by atoms with Gasteiger partial charge in [-0.25, -0.2) is 4.79 Å². The molecule has 6 heteroatoms. The number of nitrogens with one attached hydrogen (secondary N) is 2. The molecule has 2 heterocycles. The molecule has 23 heavy (non-hydrogen) atoms. The monoisotopic (exact) mass is 317 g/mol. The lowest BCUT2D eigenvalue weighted by Crippen LogP contribution is -2.40. The van der Waals surface area contributed by atoms with Crippen molar-refractivity contribution in [3.8, 4) is 0 Å². The van der Waals surface area contributed by atoms with Crippen LogP contribution in [0, 0.1) is 13.8 Å². The fraction of sp³-hybridized carbons (Fsp3) is 0.529. The summed E-state index contributed by atoms with van der Waals surface area (Å²) in [5, 5.41) is 6.25. The summed E-state index contributed by atoms with van der Waals surface area (Å²) in [5.74, 6) is 0.587. The fourth-order valence-corrected chi connectivity index (χ4v) is 3.28. The van der Waals surface area contributed by atoms with Gasteiger partial charge in [0.15, 0.2) is 6.23 Å². The number of hydrogen-bond acceptors (Lipinski definition) is 5. The van der Waals surface area contributed by atoms with Crippen LogP contribution in [0.1, 0.15) is 29.5 Å². The lowest BCUT2D eigenvalue weighted by molar-refractivity contribution is -0.116. The number of benzene rings is 1. The van der Waals surface area contributed by atoms with Crippen LogP contribution in [0.5, 0.6) is 0 Å². The first-order valence-corrected chi connectivity index (χ1v) is 7.98. The Morgan fingerprint density at radius 2 is 2.00 bits per heavy atom. The minimum absolute atomic E-state index is 0.0182. The number of ether oxygens (including phenoxy) is 1. The van der Waals surface area contributed by atoms with Crippen molar-refractivity contribution in [2.45, 2.75) is 32.9 Å². The molecule has 1 unspecified atom stereocenters. The summed E-state index contributed by atoms with van der Waals surface area (Å²) in [6, 6.07) is 4.10. The largest absolute Gasteiger partial charge is 0.428 e. The molecule has 0 saturated carbocycles. The third-order valence-electron chi connectivity index (χ3n) is 4.47. The van der Waals surface area contributed by atoms with Gasteiger partial charge in [-0.15, -0.1) is 0 Å². The minimum atomic E-state index is -0.442. The molecule has 0 spiro atoms.